The molecule has 116 valence electrons. The molecule has 1 N–H and O–H groups in total. The third kappa shape index (κ3) is 2.79. The largest absolute Gasteiger partial charge is 0.365 e. The number of aromatic nitrogens is 3. The van der Waals surface area contributed by atoms with E-state index in [0.29, 0.717) is 12.2 Å². The molecule has 2 aromatic rings. The lowest BCUT2D eigenvalue weighted by atomic mass is 9.96. The van der Waals surface area contributed by atoms with E-state index in [1.807, 2.05) is 26.0 Å². The zero-order valence-electron chi connectivity index (χ0n) is 12.7. The molecule has 1 saturated heterocycles. The first-order valence-corrected chi connectivity index (χ1v) is 7.43. The zero-order chi connectivity index (χ0) is 15.7. The van der Waals surface area contributed by atoms with Crippen molar-refractivity contribution < 1.29 is 4.92 Å². The van der Waals surface area contributed by atoms with Gasteiger partial charge in [-0.2, -0.15) is 5.10 Å². The number of anilines is 1. The molecule has 1 aromatic heterocycles. The second kappa shape index (κ2) is 5.75. The molecule has 0 radical (unpaired) electrons. The Kier molecular flexibility index (Phi) is 3.79. The van der Waals surface area contributed by atoms with Gasteiger partial charge >= 0.3 is 0 Å². The molecular formula is C15H19N5O2. The molecule has 7 nitrogen and oxygen atoms in total. The van der Waals surface area contributed by atoms with Crippen molar-refractivity contribution >= 4 is 11.4 Å². The molecule has 1 aliphatic heterocycles. The third-order valence-electron chi connectivity index (χ3n) is 4.07. The van der Waals surface area contributed by atoms with Crippen LogP contribution in [0.15, 0.2) is 18.2 Å². The summed E-state index contributed by atoms with van der Waals surface area (Å²) in [6.07, 6.45) is 1.98. The average molecular weight is 301 g/mol. The number of hydrogen-bond acceptors (Lipinski definition) is 5. The Hall–Kier alpha value is -2.44. The molecule has 0 bridgehead atoms. The third-order valence-corrected chi connectivity index (χ3v) is 4.07. The summed E-state index contributed by atoms with van der Waals surface area (Å²) in [5.74, 6) is 1.81. The molecular weight excluding hydrogens is 282 g/mol. The van der Waals surface area contributed by atoms with Gasteiger partial charge < -0.3 is 4.90 Å². The van der Waals surface area contributed by atoms with Crippen LogP contribution in [0.2, 0.25) is 0 Å². The summed E-state index contributed by atoms with van der Waals surface area (Å²) in [7, 11) is 0. The van der Waals surface area contributed by atoms with Crippen LogP contribution in [-0.4, -0.2) is 33.2 Å². The van der Waals surface area contributed by atoms with Crippen LogP contribution in [0.5, 0.6) is 0 Å². The standard InChI is InChI=1S/C15H19N5O2/c1-10-5-6-13(14(8-10)20(21)22)19-7-3-4-12(9-19)15-16-11(2)17-18-15/h5-6,8,12H,3-4,7,9H2,1-2H3,(H,16,17,18). The van der Waals surface area contributed by atoms with Crippen LogP contribution in [-0.2, 0) is 0 Å². The number of rotatable bonds is 3. The number of nitrogens with zero attached hydrogens (tertiary/aromatic N) is 4. The molecule has 0 aliphatic carbocycles. The number of benzene rings is 1. The summed E-state index contributed by atoms with van der Waals surface area (Å²) in [5, 5.41) is 18.4. The highest BCUT2D eigenvalue weighted by molar-refractivity contribution is 5.64. The van der Waals surface area contributed by atoms with Crippen LogP contribution in [0.3, 0.4) is 0 Å². The monoisotopic (exact) mass is 301 g/mol. The second-order valence-corrected chi connectivity index (χ2v) is 5.81. The Morgan fingerprint density at radius 2 is 2.23 bits per heavy atom. The summed E-state index contributed by atoms with van der Waals surface area (Å²) in [5.41, 5.74) is 1.76. The molecule has 1 unspecified atom stereocenters. The fourth-order valence-corrected chi connectivity index (χ4v) is 3.00. The van der Waals surface area contributed by atoms with Gasteiger partial charge in [-0.05, 0) is 38.3 Å². The van der Waals surface area contributed by atoms with Gasteiger partial charge in [0.25, 0.3) is 5.69 Å². The Bertz CT molecular complexity index is 697. The highest BCUT2D eigenvalue weighted by Gasteiger charge is 2.28. The van der Waals surface area contributed by atoms with Crippen molar-refractivity contribution in [1.82, 2.24) is 15.2 Å². The molecule has 0 saturated carbocycles. The SMILES string of the molecule is Cc1ccc(N2CCCC(c3n[nH]c(C)n3)C2)c([N+](=O)[O-])c1. The first-order chi connectivity index (χ1) is 10.5. The topological polar surface area (TPSA) is 88.0 Å². The molecule has 3 rings (SSSR count). The molecule has 1 fully saturated rings. The average Bonchev–Trinajstić information content (AvgIpc) is 2.94. The van der Waals surface area contributed by atoms with E-state index >= 15 is 0 Å². The second-order valence-electron chi connectivity index (χ2n) is 5.81. The van der Waals surface area contributed by atoms with E-state index < -0.39 is 0 Å². The zero-order valence-corrected chi connectivity index (χ0v) is 12.7. The van der Waals surface area contributed by atoms with Gasteiger partial charge in [-0.15, -0.1) is 0 Å². The molecule has 0 spiro atoms. The lowest BCUT2D eigenvalue weighted by Crippen LogP contribution is -2.35. The Morgan fingerprint density at radius 1 is 1.41 bits per heavy atom. The van der Waals surface area contributed by atoms with Gasteiger partial charge in [-0.25, -0.2) is 4.98 Å². The smallest absolute Gasteiger partial charge is 0.292 e. The molecule has 0 amide bonds. The highest BCUT2D eigenvalue weighted by Crippen LogP contribution is 2.34. The predicted molar refractivity (Wildman–Crippen MR) is 83.1 cm³/mol. The van der Waals surface area contributed by atoms with Crippen LogP contribution in [0.25, 0.3) is 0 Å². The molecule has 2 heterocycles. The van der Waals surface area contributed by atoms with Crippen molar-refractivity contribution in [1.29, 1.82) is 0 Å². The van der Waals surface area contributed by atoms with Crippen molar-refractivity contribution in [3.05, 3.63) is 45.5 Å². The summed E-state index contributed by atoms with van der Waals surface area (Å²) < 4.78 is 0. The number of nitro benzene ring substituents is 1. The normalized spacial score (nSPS) is 18.5. The van der Waals surface area contributed by atoms with Crippen molar-refractivity contribution in [2.45, 2.75) is 32.6 Å². The van der Waals surface area contributed by atoms with Gasteiger partial charge in [0.1, 0.15) is 11.5 Å². The Balaban J connectivity index is 1.87. The van der Waals surface area contributed by atoms with Gasteiger partial charge in [0.15, 0.2) is 5.82 Å². The number of aryl methyl sites for hydroxylation is 2. The quantitative estimate of drug-likeness (QED) is 0.695. The van der Waals surface area contributed by atoms with Gasteiger partial charge in [-0.3, -0.25) is 15.2 Å². The number of hydrogen-bond donors (Lipinski definition) is 1. The molecule has 1 aromatic carbocycles. The maximum absolute atomic E-state index is 11.3. The maximum atomic E-state index is 11.3. The van der Waals surface area contributed by atoms with E-state index in [0.717, 1.165) is 36.6 Å². The fourth-order valence-electron chi connectivity index (χ4n) is 3.00. The minimum atomic E-state index is -0.303. The van der Waals surface area contributed by atoms with Crippen LogP contribution in [0.1, 0.15) is 36.0 Å². The minimum absolute atomic E-state index is 0.173. The van der Waals surface area contributed by atoms with Crippen LogP contribution < -0.4 is 4.90 Å². The summed E-state index contributed by atoms with van der Waals surface area (Å²) in [6.45, 7) is 5.28. The van der Waals surface area contributed by atoms with Gasteiger partial charge in [0.2, 0.25) is 0 Å². The van der Waals surface area contributed by atoms with E-state index in [2.05, 4.69) is 20.1 Å². The molecule has 1 aliphatic rings. The van der Waals surface area contributed by atoms with Crippen LogP contribution in [0.4, 0.5) is 11.4 Å². The molecule has 1 atom stereocenters. The number of aromatic amines is 1. The Labute approximate surface area is 128 Å². The van der Waals surface area contributed by atoms with Crippen molar-refractivity contribution in [2.75, 3.05) is 18.0 Å². The molecule has 7 heteroatoms. The fraction of sp³-hybridized carbons (Fsp3) is 0.467. The van der Waals surface area contributed by atoms with Crippen molar-refractivity contribution in [3.8, 4) is 0 Å². The Morgan fingerprint density at radius 3 is 2.91 bits per heavy atom. The van der Waals surface area contributed by atoms with Crippen molar-refractivity contribution in [3.63, 3.8) is 0 Å². The van der Waals surface area contributed by atoms with Gasteiger partial charge in [0.05, 0.1) is 4.92 Å². The minimum Gasteiger partial charge on any atom is -0.365 e. The van der Waals surface area contributed by atoms with Crippen LogP contribution in [0, 0.1) is 24.0 Å². The first kappa shape index (κ1) is 14.5. The molecule has 22 heavy (non-hydrogen) atoms. The lowest BCUT2D eigenvalue weighted by Gasteiger charge is -2.32. The maximum Gasteiger partial charge on any atom is 0.292 e. The van der Waals surface area contributed by atoms with E-state index in [1.165, 1.54) is 0 Å². The van der Waals surface area contributed by atoms with Gasteiger partial charge in [-0.1, -0.05) is 6.07 Å². The first-order valence-electron chi connectivity index (χ1n) is 7.43. The summed E-state index contributed by atoms with van der Waals surface area (Å²) in [4.78, 5) is 17.5. The van der Waals surface area contributed by atoms with Gasteiger partial charge in [0, 0.05) is 25.1 Å². The van der Waals surface area contributed by atoms with E-state index in [9.17, 15) is 10.1 Å². The number of nitrogens with one attached hydrogen (secondary N) is 1. The summed E-state index contributed by atoms with van der Waals surface area (Å²) in [6, 6.07) is 5.40. The highest BCUT2D eigenvalue weighted by atomic mass is 16.6. The van der Waals surface area contributed by atoms with E-state index in [1.54, 1.807) is 6.07 Å². The van der Waals surface area contributed by atoms with Crippen molar-refractivity contribution in [2.24, 2.45) is 0 Å². The van der Waals surface area contributed by atoms with Crippen LogP contribution >= 0.6 is 0 Å². The van der Waals surface area contributed by atoms with E-state index in [4.69, 9.17) is 0 Å². The summed E-state index contributed by atoms with van der Waals surface area (Å²) >= 11 is 0. The number of H-pyrrole nitrogens is 1. The number of piperidine rings is 1. The van der Waals surface area contributed by atoms with E-state index in [-0.39, 0.29) is 16.5 Å². The predicted octanol–water partition coefficient (Wildman–Crippen LogP) is 2.71. The number of nitro groups is 1. The lowest BCUT2D eigenvalue weighted by molar-refractivity contribution is -0.384.